The number of ether oxygens (including phenoxy) is 4. The minimum Gasteiger partial charge on any atom is -0.497 e. The highest BCUT2D eigenvalue weighted by Crippen LogP contribution is 2.26. The quantitative estimate of drug-likeness (QED) is 0.222. The van der Waals surface area contributed by atoms with Crippen LogP contribution in [0.4, 0.5) is 0 Å². The minimum atomic E-state index is -0.504. The first kappa shape index (κ1) is 25.3. The van der Waals surface area contributed by atoms with Crippen molar-refractivity contribution in [2.75, 3.05) is 27.4 Å². The first-order chi connectivity index (χ1) is 15.2. The molecule has 0 N–H and O–H groups in total. The standard InChI is InChI=1S/C27H36O5/c1-20(2)19-32-26(28)27(3,4)14-7-15-31-23-12-10-21(11-13-23)8-9-22-16-24(29-5)18-25(17-22)30-6/h8-13,16-18,20H,7,14-15,19H2,1-6H3/b9-8+. The molecule has 5 nitrogen and oxygen atoms in total. The summed E-state index contributed by atoms with van der Waals surface area (Å²) < 4.78 is 21.8. The molecule has 32 heavy (non-hydrogen) atoms. The van der Waals surface area contributed by atoms with Gasteiger partial charge in [0.1, 0.15) is 17.2 Å². The Bertz CT molecular complexity index is 859. The molecule has 0 heterocycles. The number of esters is 1. The van der Waals surface area contributed by atoms with Crippen LogP contribution in [0.15, 0.2) is 42.5 Å². The summed E-state index contributed by atoms with van der Waals surface area (Å²) in [5.74, 6) is 2.52. The summed E-state index contributed by atoms with van der Waals surface area (Å²) in [6.45, 7) is 8.93. The van der Waals surface area contributed by atoms with Gasteiger partial charge in [0.05, 0.1) is 32.8 Å². The van der Waals surface area contributed by atoms with E-state index < -0.39 is 5.41 Å². The van der Waals surface area contributed by atoms with E-state index in [2.05, 4.69) is 0 Å². The largest absolute Gasteiger partial charge is 0.497 e. The predicted molar refractivity (Wildman–Crippen MR) is 129 cm³/mol. The molecule has 2 aromatic rings. The number of hydrogen-bond donors (Lipinski definition) is 0. The molecule has 0 saturated heterocycles. The maximum atomic E-state index is 12.2. The van der Waals surface area contributed by atoms with E-state index in [0.29, 0.717) is 19.1 Å². The predicted octanol–water partition coefficient (Wildman–Crippen LogP) is 6.26. The molecule has 0 aliphatic carbocycles. The van der Waals surface area contributed by atoms with Crippen molar-refractivity contribution >= 4 is 18.1 Å². The van der Waals surface area contributed by atoms with E-state index in [1.165, 1.54) is 0 Å². The number of methoxy groups -OCH3 is 2. The maximum absolute atomic E-state index is 12.2. The van der Waals surface area contributed by atoms with Crippen LogP contribution in [0.5, 0.6) is 17.2 Å². The van der Waals surface area contributed by atoms with E-state index in [1.807, 2.05) is 82.3 Å². The van der Waals surface area contributed by atoms with Gasteiger partial charge in [0, 0.05) is 6.07 Å². The Hall–Kier alpha value is -2.95. The van der Waals surface area contributed by atoms with Crippen LogP contribution in [0.25, 0.3) is 12.2 Å². The van der Waals surface area contributed by atoms with Gasteiger partial charge in [-0.15, -0.1) is 0 Å². The Morgan fingerprint density at radius 1 is 0.906 bits per heavy atom. The zero-order chi connectivity index (χ0) is 23.6. The van der Waals surface area contributed by atoms with Crippen LogP contribution in [-0.2, 0) is 9.53 Å². The van der Waals surface area contributed by atoms with Gasteiger partial charge in [0.25, 0.3) is 0 Å². The maximum Gasteiger partial charge on any atom is 0.311 e. The van der Waals surface area contributed by atoms with Crippen molar-refractivity contribution in [1.29, 1.82) is 0 Å². The summed E-state index contributed by atoms with van der Waals surface area (Å²) in [4.78, 5) is 12.2. The van der Waals surface area contributed by atoms with Crippen LogP contribution in [0.3, 0.4) is 0 Å². The average molecular weight is 441 g/mol. The first-order valence-electron chi connectivity index (χ1n) is 11.0. The van der Waals surface area contributed by atoms with Crippen LogP contribution in [-0.4, -0.2) is 33.4 Å². The van der Waals surface area contributed by atoms with E-state index in [-0.39, 0.29) is 5.97 Å². The first-order valence-corrected chi connectivity index (χ1v) is 11.0. The number of benzene rings is 2. The van der Waals surface area contributed by atoms with Gasteiger partial charge in [-0.2, -0.15) is 0 Å². The SMILES string of the molecule is COc1cc(/C=C/c2ccc(OCCCC(C)(C)C(=O)OCC(C)C)cc2)cc(OC)c1. The molecule has 0 aromatic heterocycles. The number of hydrogen-bond acceptors (Lipinski definition) is 5. The molecule has 0 unspecified atom stereocenters. The molecular formula is C27H36O5. The van der Waals surface area contributed by atoms with Crippen LogP contribution in [0.2, 0.25) is 0 Å². The molecule has 0 amide bonds. The molecule has 0 aliphatic rings. The lowest BCUT2D eigenvalue weighted by atomic mass is 9.88. The van der Waals surface area contributed by atoms with Crippen LogP contribution < -0.4 is 14.2 Å². The van der Waals surface area contributed by atoms with Crippen molar-refractivity contribution in [3.8, 4) is 17.2 Å². The van der Waals surface area contributed by atoms with Gasteiger partial charge in [-0.3, -0.25) is 4.79 Å². The Labute approximate surface area is 192 Å². The topological polar surface area (TPSA) is 54.0 Å². The normalized spacial score (nSPS) is 11.6. The molecule has 0 aliphatic heterocycles. The van der Waals surface area contributed by atoms with E-state index in [9.17, 15) is 4.79 Å². The number of carbonyl (C=O) groups is 1. The molecule has 5 heteroatoms. The fourth-order valence-corrected chi connectivity index (χ4v) is 3.04. The zero-order valence-corrected chi connectivity index (χ0v) is 20.1. The van der Waals surface area contributed by atoms with E-state index in [0.717, 1.165) is 41.2 Å². The monoisotopic (exact) mass is 440 g/mol. The van der Waals surface area contributed by atoms with Gasteiger partial charge >= 0.3 is 5.97 Å². The van der Waals surface area contributed by atoms with E-state index in [4.69, 9.17) is 18.9 Å². The summed E-state index contributed by atoms with van der Waals surface area (Å²) in [6.07, 6.45) is 5.54. The smallest absolute Gasteiger partial charge is 0.311 e. The van der Waals surface area contributed by atoms with Gasteiger partial charge in [-0.25, -0.2) is 0 Å². The molecule has 174 valence electrons. The summed E-state index contributed by atoms with van der Waals surface area (Å²) in [5.41, 5.74) is 1.56. The summed E-state index contributed by atoms with van der Waals surface area (Å²) >= 11 is 0. The van der Waals surface area contributed by atoms with Crippen molar-refractivity contribution in [3.63, 3.8) is 0 Å². The second-order valence-electron chi connectivity index (χ2n) is 8.88. The van der Waals surface area contributed by atoms with Crippen molar-refractivity contribution in [3.05, 3.63) is 53.6 Å². The van der Waals surface area contributed by atoms with Gasteiger partial charge in [0.2, 0.25) is 0 Å². The molecule has 0 bridgehead atoms. The Morgan fingerprint density at radius 3 is 2.06 bits per heavy atom. The third-order valence-corrected chi connectivity index (χ3v) is 5.04. The fraction of sp³-hybridized carbons (Fsp3) is 0.444. The van der Waals surface area contributed by atoms with Crippen LogP contribution in [0.1, 0.15) is 51.7 Å². The highest BCUT2D eigenvalue weighted by Gasteiger charge is 2.29. The lowest BCUT2D eigenvalue weighted by Crippen LogP contribution is -2.28. The average Bonchev–Trinajstić information content (AvgIpc) is 2.79. The Kier molecular flexibility index (Phi) is 9.63. The van der Waals surface area contributed by atoms with Gasteiger partial charge in [-0.1, -0.05) is 38.1 Å². The molecule has 2 rings (SSSR count). The lowest BCUT2D eigenvalue weighted by Gasteiger charge is -2.23. The Morgan fingerprint density at radius 2 is 1.50 bits per heavy atom. The second kappa shape index (κ2) is 12.2. The molecule has 0 saturated carbocycles. The highest BCUT2D eigenvalue weighted by atomic mass is 16.5. The minimum absolute atomic E-state index is 0.143. The summed E-state index contributed by atoms with van der Waals surface area (Å²) in [6, 6.07) is 13.7. The Balaban J connectivity index is 1.83. The van der Waals surface area contributed by atoms with Crippen LogP contribution >= 0.6 is 0 Å². The van der Waals surface area contributed by atoms with Crippen molar-refractivity contribution < 1.29 is 23.7 Å². The zero-order valence-electron chi connectivity index (χ0n) is 20.1. The lowest BCUT2D eigenvalue weighted by molar-refractivity contribution is -0.155. The second-order valence-corrected chi connectivity index (χ2v) is 8.88. The number of rotatable bonds is 12. The summed E-state index contributed by atoms with van der Waals surface area (Å²) in [7, 11) is 3.28. The molecule has 0 fully saturated rings. The molecular weight excluding hydrogens is 404 g/mol. The van der Waals surface area contributed by atoms with Crippen LogP contribution in [0, 0.1) is 11.3 Å². The summed E-state index contributed by atoms with van der Waals surface area (Å²) in [5, 5.41) is 0. The van der Waals surface area contributed by atoms with Gasteiger partial charge < -0.3 is 18.9 Å². The molecule has 0 atom stereocenters. The third kappa shape index (κ3) is 8.29. The highest BCUT2D eigenvalue weighted by molar-refractivity contribution is 5.75. The number of carbonyl (C=O) groups excluding carboxylic acids is 1. The van der Waals surface area contributed by atoms with E-state index >= 15 is 0 Å². The third-order valence-electron chi connectivity index (χ3n) is 5.04. The molecule has 0 radical (unpaired) electrons. The molecule has 0 spiro atoms. The fourth-order valence-electron chi connectivity index (χ4n) is 3.04. The van der Waals surface area contributed by atoms with Gasteiger partial charge in [-0.05, 0) is 68.0 Å². The van der Waals surface area contributed by atoms with Crippen molar-refractivity contribution in [1.82, 2.24) is 0 Å². The van der Waals surface area contributed by atoms with Gasteiger partial charge in [0.15, 0.2) is 0 Å². The van der Waals surface area contributed by atoms with E-state index in [1.54, 1.807) is 14.2 Å². The van der Waals surface area contributed by atoms with Crippen molar-refractivity contribution in [2.45, 2.75) is 40.5 Å². The van der Waals surface area contributed by atoms with Crippen molar-refractivity contribution in [2.24, 2.45) is 11.3 Å². The molecule has 2 aromatic carbocycles.